The quantitative estimate of drug-likeness (QED) is 0.302. The number of fused-ring (bicyclic) bond motifs is 1. The van der Waals surface area contributed by atoms with Gasteiger partial charge in [-0.25, -0.2) is 23.5 Å². The summed E-state index contributed by atoms with van der Waals surface area (Å²) in [6.07, 6.45) is 1.88. The Morgan fingerprint density at radius 3 is 2.43 bits per heavy atom. The molecule has 0 spiro atoms. The van der Waals surface area contributed by atoms with Crippen molar-refractivity contribution in [2.45, 2.75) is 70.6 Å². The molecule has 1 aliphatic carbocycles. The number of benzene rings is 2. The summed E-state index contributed by atoms with van der Waals surface area (Å²) in [5, 5.41) is 9.93. The van der Waals surface area contributed by atoms with E-state index in [0.29, 0.717) is 44.6 Å². The number of aromatic nitrogens is 3. The molecule has 1 amide bonds. The van der Waals surface area contributed by atoms with Crippen molar-refractivity contribution in [2.75, 3.05) is 26.3 Å². The fourth-order valence-corrected chi connectivity index (χ4v) is 7.06. The summed E-state index contributed by atoms with van der Waals surface area (Å²) in [5.74, 6) is -0.668. The van der Waals surface area contributed by atoms with E-state index in [9.17, 15) is 23.9 Å². The Labute approximate surface area is 266 Å². The molecule has 10 nitrogen and oxygen atoms in total. The Hall–Kier alpha value is -4.35. The number of carboxylic acid groups (broad SMARTS) is 1. The fraction of sp³-hybridized carbons (Fsp3) is 0.429. The van der Waals surface area contributed by atoms with Crippen LogP contribution in [0.1, 0.15) is 58.1 Å². The van der Waals surface area contributed by atoms with Crippen molar-refractivity contribution >= 4 is 17.1 Å². The molecule has 3 heterocycles. The molecule has 6 rings (SSSR count). The highest BCUT2D eigenvalue weighted by atomic mass is 19.1. The van der Waals surface area contributed by atoms with E-state index in [1.807, 2.05) is 51.1 Å². The summed E-state index contributed by atoms with van der Waals surface area (Å²) < 4.78 is 22.6. The number of hydrogen-bond donors (Lipinski definition) is 1. The third-order valence-electron chi connectivity index (χ3n) is 9.15. The molecule has 0 unspecified atom stereocenters. The van der Waals surface area contributed by atoms with Gasteiger partial charge in [-0.3, -0.25) is 14.3 Å². The van der Waals surface area contributed by atoms with Crippen molar-refractivity contribution in [3.05, 3.63) is 93.0 Å². The van der Waals surface area contributed by atoms with Gasteiger partial charge in [0.2, 0.25) is 0 Å². The molecule has 0 bridgehead atoms. The molecule has 0 atom stereocenters. The van der Waals surface area contributed by atoms with Crippen LogP contribution in [0.2, 0.25) is 0 Å². The molecule has 2 aliphatic rings. The standard InChI is InChI=1S/C35H40FN5O5/c1-35(2,3)41(34(44)45)27-13-11-26(12-14-27)40-32(42)30-20-25(36)21-37-31(30)39(33(40)43)28-9-6-8-23(19-28)29-10-5-4-7-24(29)22-38-15-17-46-18-16-38/h4-10,19-21,26-27H,11-18,22H2,1-3H3,(H,44,45)/t26-,27+. The van der Waals surface area contributed by atoms with Crippen molar-refractivity contribution in [2.24, 2.45) is 0 Å². The predicted molar refractivity (Wildman–Crippen MR) is 174 cm³/mol. The summed E-state index contributed by atoms with van der Waals surface area (Å²) in [7, 11) is 0. The normalized spacial score (nSPS) is 19.3. The highest BCUT2D eigenvalue weighted by Gasteiger charge is 2.37. The van der Waals surface area contributed by atoms with Crippen LogP contribution in [-0.4, -0.2) is 73.0 Å². The SMILES string of the molecule is CC(C)(C)N(C(=O)O)[C@H]1CC[C@@H](n2c(=O)c3cc(F)cnc3n(-c3cccc(-c4ccccc4CN4CCOCC4)c3)c2=O)CC1. The van der Waals surface area contributed by atoms with Crippen LogP contribution in [0.4, 0.5) is 9.18 Å². The Balaban J connectivity index is 1.41. The van der Waals surface area contributed by atoms with E-state index in [4.69, 9.17) is 4.74 Å². The molecular weight excluding hydrogens is 589 g/mol. The van der Waals surface area contributed by atoms with Crippen molar-refractivity contribution in [3.8, 4) is 16.8 Å². The van der Waals surface area contributed by atoms with E-state index in [1.54, 1.807) is 6.07 Å². The minimum absolute atomic E-state index is 0.0155. The van der Waals surface area contributed by atoms with Crippen LogP contribution in [0.15, 0.2) is 70.4 Å². The summed E-state index contributed by atoms with van der Waals surface area (Å²) in [6.45, 7) is 9.44. The van der Waals surface area contributed by atoms with Gasteiger partial charge in [0.25, 0.3) is 5.56 Å². The van der Waals surface area contributed by atoms with E-state index in [1.165, 1.54) is 14.0 Å². The number of rotatable bonds is 6. The minimum Gasteiger partial charge on any atom is -0.465 e. The molecule has 0 radical (unpaired) electrons. The van der Waals surface area contributed by atoms with Gasteiger partial charge in [0.1, 0.15) is 5.82 Å². The zero-order valence-electron chi connectivity index (χ0n) is 26.5. The lowest BCUT2D eigenvalue weighted by Gasteiger charge is -2.42. The summed E-state index contributed by atoms with van der Waals surface area (Å²) in [6, 6.07) is 16.1. The largest absolute Gasteiger partial charge is 0.465 e. The third kappa shape index (κ3) is 6.21. The van der Waals surface area contributed by atoms with E-state index < -0.39 is 34.7 Å². The Bertz CT molecular complexity index is 1870. The van der Waals surface area contributed by atoms with Crippen LogP contribution in [-0.2, 0) is 11.3 Å². The van der Waals surface area contributed by atoms with E-state index in [2.05, 4.69) is 22.0 Å². The van der Waals surface area contributed by atoms with Gasteiger partial charge in [-0.05, 0) is 81.3 Å². The summed E-state index contributed by atoms with van der Waals surface area (Å²) in [4.78, 5) is 48.3. The Morgan fingerprint density at radius 1 is 1.02 bits per heavy atom. The zero-order valence-corrected chi connectivity index (χ0v) is 26.5. The van der Waals surface area contributed by atoms with Gasteiger partial charge in [0.05, 0.1) is 30.5 Å². The highest BCUT2D eigenvalue weighted by Crippen LogP contribution is 2.34. The first-order valence-electron chi connectivity index (χ1n) is 15.9. The number of amides is 1. The maximum absolute atomic E-state index is 14.5. The lowest BCUT2D eigenvalue weighted by Crippen LogP contribution is -2.53. The van der Waals surface area contributed by atoms with Crippen molar-refractivity contribution in [3.63, 3.8) is 0 Å². The second-order valence-electron chi connectivity index (χ2n) is 13.2. The average molecular weight is 630 g/mol. The van der Waals surface area contributed by atoms with Crippen LogP contribution < -0.4 is 11.2 Å². The first kappa shape index (κ1) is 31.6. The number of ether oxygens (including phenoxy) is 1. The van der Waals surface area contributed by atoms with E-state index in [0.717, 1.165) is 48.6 Å². The lowest BCUT2D eigenvalue weighted by atomic mass is 9.88. The molecule has 11 heteroatoms. The van der Waals surface area contributed by atoms with Gasteiger partial charge < -0.3 is 14.7 Å². The van der Waals surface area contributed by atoms with Crippen LogP contribution in [0, 0.1) is 5.82 Å². The van der Waals surface area contributed by atoms with Crippen LogP contribution in [0.25, 0.3) is 27.8 Å². The van der Waals surface area contributed by atoms with E-state index in [-0.39, 0.29) is 17.1 Å². The maximum atomic E-state index is 14.5. The van der Waals surface area contributed by atoms with Crippen LogP contribution in [0.5, 0.6) is 0 Å². The number of hydrogen-bond acceptors (Lipinski definition) is 6. The minimum atomic E-state index is -0.992. The molecule has 2 aromatic carbocycles. The number of carbonyl (C=O) groups is 1. The second kappa shape index (κ2) is 12.8. The Morgan fingerprint density at radius 2 is 1.74 bits per heavy atom. The van der Waals surface area contributed by atoms with Gasteiger partial charge in [-0.1, -0.05) is 36.4 Å². The molecule has 46 heavy (non-hydrogen) atoms. The lowest BCUT2D eigenvalue weighted by molar-refractivity contribution is 0.0342. The van der Waals surface area contributed by atoms with Crippen molar-refractivity contribution < 1.29 is 19.0 Å². The first-order chi connectivity index (χ1) is 22.0. The topological polar surface area (TPSA) is 110 Å². The summed E-state index contributed by atoms with van der Waals surface area (Å²) >= 11 is 0. The zero-order chi connectivity index (χ0) is 32.6. The number of morpholine rings is 1. The number of halogens is 1. The third-order valence-corrected chi connectivity index (χ3v) is 9.15. The molecule has 1 saturated heterocycles. The number of nitrogens with zero attached hydrogens (tertiary/aromatic N) is 5. The average Bonchev–Trinajstić information content (AvgIpc) is 3.02. The second-order valence-corrected chi connectivity index (χ2v) is 13.2. The molecule has 242 valence electrons. The molecule has 2 fully saturated rings. The Kier molecular flexibility index (Phi) is 8.80. The van der Waals surface area contributed by atoms with Crippen molar-refractivity contribution in [1.29, 1.82) is 0 Å². The molecule has 1 N–H and O–H groups in total. The van der Waals surface area contributed by atoms with Gasteiger partial charge in [-0.15, -0.1) is 0 Å². The predicted octanol–water partition coefficient (Wildman–Crippen LogP) is 5.45. The molecule has 1 saturated carbocycles. The smallest absolute Gasteiger partial charge is 0.407 e. The highest BCUT2D eigenvalue weighted by molar-refractivity contribution is 5.77. The monoisotopic (exact) mass is 629 g/mol. The number of pyridine rings is 1. The molecule has 2 aromatic heterocycles. The van der Waals surface area contributed by atoms with Crippen LogP contribution >= 0.6 is 0 Å². The molecule has 1 aliphatic heterocycles. The molecule has 4 aromatic rings. The maximum Gasteiger partial charge on any atom is 0.407 e. The van der Waals surface area contributed by atoms with Crippen LogP contribution in [0.3, 0.4) is 0 Å². The molecular formula is C35H40FN5O5. The summed E-state index contributed by atoms with van der Waals surface area (Å²) in [5.41, 5.74) is 1.94. The van der Waals surface area contributed by atoms with Gasteiger partial charge in [-0.2, -0.15) is 0 Å². The van der Waals surface area contributed by atoms with Gasteiger partial charge in [0, 0.05) is 37.3 Å². The van der Waals surface area contributed by atoms with E-state index >= 15 is 0 Å². The first-order valence-corrected chi connectivity index (χ1v) is 15.9. The fourth-order valence-electron chi connectivity index (χ4n) is 7.06. The van der Waals surface area contributed by atoms with Gasteiger partial charge >= 0.3 is 11.8 Å². The van der Waals surface area contributed by atoms with Crippen molar-refractivity contribution in [1.82, 2.24) is 23.9 Å². The van der Waals surface area contributed by atoms with Gasteiger partial charge in [0.15, 0.2) is 5.65 Å².